The molecule has 1 aromatic carbocycles. The van der Waals surface area contributed by atoms with E-state index < -0.39 is 0 Å². The Morgan fingerprint density at radius 1 is 1.35 bits per heavy atom. The Bertz CT molecular complexity index is 701. The van der Waals surface area contributed by atoms with E-state index in [4.69, 9.17) is 9.26 Å². The van der Waals surface area contributed by atoms with Crippen LogP contribution in [0.4, 0.5) is 0 Å². The van der Waals surface area contributed by atoms with E-state index >= 15 is 0 Å². The van der Waals surface area contributed by atoms with Gasteiger partial charge in [0.25, 0.3) is 5.91 Å². The molecule has 0 saturated carbocycles. The van der Waals surface area contributed by atoms with Crippen molar-refractivity contribution in [1.82, 2.24) is 15.0 Å². The first-order valence-corrected chi connectivity index (χ1v) is 9.24. The number of benzene rings is 1. The lowest BCUT2D eigenvalue weighted by atomic mass is 10.2. The Kier molecular flexibility index (Phi) is 6.41. The fraction of sp³-hybridized carbons (Fsp3) is 0.500. The molecular formula is C20H27N3O3. The quantitative estimate of drug-likeness (QED) is 0.727. The van der Waals surface area contributed by atoms with Gasteiger partial charge in [0, 0.05) is 25.8 Å². The largest absolute Gasteiger partial charge is 0.380 e. The van der Waals surface area contributed by atoms with Crippen molar-refractivity contribution in [2.24, 2.45) is 0 Å². The van der Waals surface area contributed by atoms with Crippen LogP contribution in [0.3, 0.4) is 0 Å². The topological polar surface area (TPSA) is 58.8 Å². The SMILES string of the molecule is CCOC[C@H]1CCCN1C(=O)c1cc(CN(C)Cc2ccccc2)on1. The molecule has 1 amide bonds. The van der Waals surface area contributed by atoms with E-state index in [1.165, 1.54) is 5.56 Å². The zero-order valence-corrected chi connectivity index (χ0v) is 15.6. The van der Waals surface area contributed by atoms with Crippen LogP contribution in [0.2, 0.25) is 0 Å². The van der Waals surface area contributed by atoms with Crippen molar-refractivity contribution in [2.75, 3.05) is 26.8 Å². The molecule has 1 aromatic heterocycles. The van der Waals surface area contributed by atoms with Crippen LogP contribution in [0.5, 0.6) is 0 Å². The van der Waals surface area contributed by atoms with Crippen LogP contribution in [-0.4, -0.2) is 53.7 Å². The number of carbonyl (C=O) groups excluding carboxylic acids is 1. The summed E-state index contributed by atoms with van der Waals surface area (Å²) in [7, 11) is 2.02. The van der Waals surface area contributed by atoms with Gasteiger partial charge in [0.05, 0.1) is 19.2 Å². The van der Waals surface area contributed by atoms with E-state index in [2.05, 4.69) is 22.2 Å². The molecule has 1 atom stereocenters. The Morgan fingerprint density at radius 2 is 2.15 bits per heavy atom. The maximum Gasteiger partial charge on any atom is 0.276 e. The molecule has 0 spiro atoms. The highest BCUT2D eigenvalue weighted by molar-refractivity contribution is 5.92. The smallest absolute Gasteiger partial charge is 0.276 e. The highest BCUT2D eigenvalue weighted by atomic mass is 16.5. The summed E-state index contributed by atoms with van der Waals surface area (Å²) >= 11 is 0. The first kappa shape index (κ1) is 18.6. The Hall–Kier alpha value is -2.18. The molecule has 2 heterocycles. The number of ether oxygens (including phenoxy) is 1. The standard InChI is InChI=1S/C20H27N3O3/c1-3-25-15-17-10-7-11-23(17)20(24)19-12-18(26-21-19)14-22(2)13-16-8-5-4-6-9-16/h4-6,8-9,12,17H,3,7,10-11,13-15H2,1-2H3/t17-/m1/s1. The number of rotatable bonds is 8. The minimum absolute atomic E-state index is 0.0621. The molecule has 0 N–H and O–H groups in total. The van der Waals surface area contributed by atoms with E-state index in [-0.39, 0.29) is 11.9 Å². The molecule has 0 unspecified atom stereocenters. The number of likely N-dealkylation sites (tertiary alicyclic amines) is 1. The van der Waals surface area contributed by atoms with E-state index in [9.17, 15) is 4.79 Å². The second-order valence-electron chi connectivity index (χ2n) is 6.79. The molecule has 3 rings (SSSR count). The average molecular weight is 357 g/mol. The lowest BCUT2D eigenvalue weighted by Crippen LogP contribution is -2.38. The maximum absolute atomic E-state index is 12.7. The second kappa shape index (κ2) is 8.96. The van der Waals surface area contributed by atoms with Gasteiger partial charge in [0.1, 0.15) is 0 Å². The van der Waals surface area contributed by atoms with Crippen molar-refractivity contribution < 1.29 is 14.1 Å². The Labute approximate surface area is 154 Å². The van der Waals surface area contributed by atoms with Gasteiger partial charge in [-0.15, -0.1) is 0 Å². The Morgan fingerprint density at radius 3 is 2.92 bits per heavy atom. The molecule has 1 aliphatic heterocycles. The number of amides is 1. The summed E-state index contributed by atoms with van der Waals surface area (Å²) in [6, 6.07) is 12.2. The molecule has 0 aliphatic carbocycles. The molecule has 6 nitrogen and oxygen atoms in total. The Balaban J connectivity index is 1.57. The van der Waals surface area contributed by atoms with Crippen LogP contribution in [0.15, 0.2) is 40.9 Å². The number of nitrogens with zero attached hydrogens (tertiary/aromatic N) is 3. The van der Waals surface area contributed by atoms with Crippen LogP contribution >= 0.6 is 0 Å². The van der Waals surface area contributed by atoms with Crippen molar-refractivity contribution in [1.29, 1.82) is 0 Å². The molecule has 1 aliphatic rings. The summed E-state index contributed by atoms with van der Waals surface area (Å²) in [5.74, 6) is 0.639. The molecule has 0 radical (unpaired) electrons. The molecule has 140 valence electrons. The molecule has 2 aromatic rings. The lowest BCUT2D eigenvalue weighted by Gasteiger charge is -2.23. The maximum atomic E-state index is 12.7. The van der Waals surface area contributed by atoms with Crippen LogP contribution in [0.25, 0.3) is 0 Å². The zero-order valence-electron chi connectivity index (χ0n) is 15.6. The highest BCUT2D eigenvalue weighted by Gasteiger charge is 2.31. The van der Waals surface area contributed by atoms with Gasteiger partial charge < -0.3 is 14.2 Å². The van der Waals surface area contributed by atoms with Gasteiger partial charge in [-0.2, -0.15) is 0 Å². The summed E-state index contributed by atoms with van der Waals surface area (Å²) in [6.45, 7) is 5.40. The summed E-state index contributed by atoms with van der Waals surface area (Å²) in [5.41, 5.74) is 1.62. The summed E-state index contributed by atoms with van der Waals surface area (Å²) < 4.78 is 10.9. The fourth-order valence-electron chi connectivity index (χ4n) is 3.38. The van der Waals surface area contributed by atoms with Crippen molar-refractivity contribution in [2.45, 2.75) is 38.9 Å². The van der Waals surface area contributed by atoms with Gasteiger partial charge in [-0.05, 0) is 32.4 Å². The van der Waals surface area contributed by atoms with Crippen molar-refractivity contribution in [3.8, 4) is 0 Å². The van der Waals surface area contributed by atoms with Crippen molar-refractivity contribution in [3.05, 3.63) is 53.4 Å². The predicted molar refractivity (Wildman–Crippen MR) is 98.7 cm³/mol. The zero-order chi connectivity index (χ0) is 18.4. The monoisotopic (exact) mass is 357 g/mol. The lowest BCUT2D eigenvalue weighted by molar-refractivity contribution is 0.0556. The minimum Gasteiger partial charge on any atom is -0.380 e. The van der Waals surface area contributed by atoms with E-state index in [0.717, 1.165) is 25.9 Å². The molecule has 1 fully saturated rings. The molecule has 26 heavy (non-hydrogen) atoms. The third kappa shape index (κ3) is 4.71. The third-order valence-electron chi connectivity index (χ3n) is 4.65. The van der Waals surface area contributed by atoms with Gasteiger partial charge >= 0.3 is 0 Å². The fourth-order valence-corrected chi connectivity index (χ4v) is 3.38. The normalized spacial score (nSPS) is 17.2. The van der Waals surface area contributed by atoms with Gasteiger partial charge in [-0.1, -0.05) is 35.5 Å². The number of aromatic nitrogens is 1. The highest BCUT2D eigenvalue weighted by Crippen LogP contribution is 2.21. The molecular weight excluding hydrogens is 330 g/mol. The van der Waals surface area contributed by atoms with E-state index in [0.29, 0.717) is 31.2 Å². The first-order valence-electron chi connectivity index (χ1n) is 9.24. The second-order valence-corrected chi connectivity index (χ2v) is 6.79. The van der Waals surface area contributed by atoms with Crippen LogP contribution in [-0.2, 0) is 17.8 Å². The average Bonchev–Trinajstić information content (AvgIpc) is 3.29. The van der Waals surface area contributed by atoms with Gasteiger partial charge in [-0.3, -0.25) is 9.69 Å². The summed E-state index contributed by atoms with van der Waals surface area (Å²) in [6.07, 6.45) is 1.99. The predicted octanol–water partition coefficient (Wildman–Crippen LogP) is 2.95. The summed E-state index contributed by atoms with van der Waals surface area (Å²) in [5, 5.41) is 4.00. The van der Waals surface area contributed by atoms with Gasteiger partial charge in [0.2, 0.25) is 0 Å². The van der Waals surface area contributed by atoms with E-state index in [1.807, 2.05) is 37.1 Å². The van der Waals surface area contributed by atoms with Crippen molar-refractivity contribution in [3.63, 3.8) is 0 Å². The van der Waals surface area contributed by atoms with Crippen LogP contribution < -0.4 is 0 Å². The number of hydrogen-bond donors (Lipinski definition) is 0. The van der Waals surface area contributed by atoms with Gasteiger partial charge in [0.15, 0.2) is 11.5 Å². The van der Waals surface area contributed by atoms with Gasteiger partial charge in [-0.25, -0.2) is 0 Å². The number of hydrogen-bond acceptors (Lipinski definition) is 5. The van der Waals surface area contributed by atoms with E-state index in [1.54, 1.807) is 6.07 Å². The molecule has 6 heteroatoms. The minimum atomic E-state index is -0.0621. The summed E-state index contributed by atoms with van der Waals surface area (Å²) in [4.78, 5) is 16.7. The molecule has 1 saturated heterocycles. The third-order valence-corrected chi connectivity index (χ3v) is 4.65. The number of carbonyl (C=O) groups is 1. The first-order chi connectivity index (χ1) is 12.7. The van der Waals surface area contributed by atoms with Crippen molar-refractivity contribution >= 4 is 5.91 Å². The molecule has 0 bridgehead atoms. The van der Waals surface area contributed by atoms with Crippen LogP contribution in [0, 0.1) is 0 Å². The van der Waals surface area contributed by atoms with Crippen LogP contribution in [0.1, 0.15) is 41.6 Å².